The molecule has 1 radical (unpaired) electrons. The summed E-state index contributed by atoms with van der Waals surface area (Å²) in [5, 5.41) is 0. The van der Waals surface area contributed by atoms with Gasteiger partial charge >= 0.3 is 0 Å². The van der Waals surface area contributed by atoms with Crippen LogP contribution in [-0.2, 0) is 0 Å². The lowest BCUT2D eigenvalue weighted by molar-refractivity contribution is 0.235. The van der Waals surface area contributed by atoms with Crippen molar-refractivity contribution in [2.75, 3.05) is 0 Å². The molecule has 1 saturated carbocycles. The van der Waals surface area contributed by atoms with Gasteiger partial charge in [0.15, 0.2) is 0 Å². The molecular weight excluding hydrogens is 108 g/mol. The minimum atomic E-state index is 0.746. The molecule has 0 aromatic carbocycles. The zero-order valence-electron chi connectivity index (χ0n) is 6.56. The highest BCUT2D eigenvalue weighted by Crippen LogP contribution is 2.32. The van der Waals surface area contributed by atoms with Crippen LogP contribution < -0.4 is 0 Å². The molecule has 0 saturated heterocycles. The van der Waals surface area contributed by atoms with E-state index in [1.165, 1.54) is 19.3 Å². The fraction of sp³-hybridized carbons (Fsp3) is 0.889. The van der Waals surface area contributed by atoms with E-state index in [0.29, 0.717) is 0 Å². The molecule has 0 bridgehead atoms. The fourth-order valence-electron chi connectivity index (χ4n) is 1.66. The van der Waals surface area contributed by atoms with Crippen LogP contribution in [0, 0.1) is 24.7 Å². The average molecular weight is 125 g/mol. The zero-order chi connectivity index (χ0) is 6.85. The van der Waals surface area contributed by atoms with Crippen molar-refractivity contribution in [1.82, 2.24) is 0 Å². The van der Waals surface area contributed by atoms with E-state index in [-0.39, 0.29) is 0 Å². The van der Waals surface area contributed by atoms with Gasteiger partial charge in [-0.2, -0.15) is 0 Å². The van der Waals surface area contributed by atoms with Crippen molar-refractivity contribution in [3.8, 4) is 0 Å². The molecule has 0 spiro atoms. The molecule has 3 atom stereocenters. The van der Waals surface area contributed by atoms with E-state index in [1.807, 2.05) is 0 Å². The summed E-state index contributed by atoms with van der Waals surface area (Å²) in [6, 6.07) is 0. The van der Waals surface area contributed by atoms with E-state index in [9.17, 15) is 0 Å². The molecule has 0 N–H and O–H groups in total. The number of hydrogen-bond donors (Lipinski definition) is 0. The van der Waals surface area contributed by atoms with Crippen molar-refractivity contribution >= 4 is 0 Å². The molecule has 0 amide bonds. The van der Waals surface area contributed by atoms with E-state index in [2.05, 4.69) is 20.8 Å². The minimum absolute atomic E-state index is 0.746. The summed E-state index contributed by atoms with van der Waals surface area (Å²) in [5.74, 6) is 2.61. The van der Waals surface area contributed by atoms with Crippen LogP contribution in [0.3, 0.4) is 0 Å². The average Bonchev–Trinajstić information content (AvgIpc) is 1.80. The van der Waals surface area contributed by atoms with Gasteiger partial charge in [-0.05, 0) is 24.2 Å². The Morgan fingerprint density at radius 1 is 1.11 bits per heavy atom. The predicted octanol–water partition coefficient (Wildman–Crippen LogP) is 2.89. The third kappa shape index (κ3) is 1.70. The molecule has 0 heterocycles. The maximum absolute atomic E-state index is 4.08. The predicted molar refractivity (Wildman–Crippen MR) is 41.0 cm³/mol. The lowest BCUT2D eigenvalue weighted by Crippen LogP contribution is -2.18. The number of hydrogen-bond acceptors (Lipinski definition) is 0. The molecule has 1 aliphatic rings. The topological polar surface area (TPSA) is 0 Å². The first-order chi connectivity index (χ1) is 4.20. The third-order valence-electron chi connectivity index (χ3n) is 2.71. The molecule has 0 aromatic rings. The number of rotatable bonds is 0. The molecule has 0 aromatic heterocycles. The highest BCUT2D eigenvalue weighted by atomic mass is 14.3. The van der Waals surface area contributed by atoms with Gasteiger partial charge in [0.1, 0.15) is 0 Å². The highest BCUT2D eigenvalue weighted by Gasteiger charge is 2.20. The summed E-state index contributed by atoms with van der Waals surface area (Å²) in [4.78, 5) is 0. The van der Waals surface area contributed by atoms with Gasteiger partial charge in [0.2, 0.25) is 0 Å². The van der Waals surface area contributed by atoms with E-state index < -0.39 is 0 Å². The first-order valence-electron chi connectivity index (χ1n) is 4.03. The normalized spacial score (nSPS) is 45.0. The Hall–Kier alpha value is 0. The van der Waals surface area contributed by atoms with E-state index in [4.69, 9.17) is 0 Å². The second-order valence-electron chi connectivity index (χ2n) is 3.63. The van der Waals surface area contributed by atoms with Gasteiger partial charge in [-0.25, -0.2) is 0 Å². The largest absolute Gasteiger partial charge is 0.0623 e. The molecule has 0 heteroatoms. The lowest BCUT2D eigenvalue weighted by atomic mass is 9.77. The zero-order valence-corrected chi connectivity index (χ0v) is 6.56. The fourth-order valence-corrected chi connectivity index (χ4v) is 1.66. The van der Waals surface area contributed by atoms with Crippen molar-refractivity contribution in [3.63, 3.8) is 0 Å². The van der Waals surface area contributed by atoms with Crippen molar-refractivity contribution in [1.29, 1.82) is 0 Å². The lowest BCUT2D eigenvalue weighted by Gasteiger charge is -2.29. The van der Waals surface area contributed by atoms with Crippen LogP contribution in [-0.4, -0.2) is 0 Å². The van der Waals surface area contributed by atoms with Crippen LogP contribution in [0.1, 0.15) is 33.1 Å². The molecule has 1 fully saturated rings. The Balaban J connectivity index is 2.35. The SMILES string of the molecule is [CH2]C1CCC(C)C(C)C1. The standard InChI is InChI=1S/C9H17/c1-7-4-5-8(2)9(3)6-7/h7-9H,1,4-6H2,2-3H3. The molecule has 0 nitrogen and oxygen atoms in total. The maximum atomic E-state index is 4.08. The van der Waals surface area contributed by atoms with Crippen LogP contribution in [0.2, 0.25) is 0 Å². The molecule has 1 rings (SSSR count). The molecule has 9 heavy (non-hydrogen) atoms. The maximum Gasteiger partial charge on any atom is -0.0411 e. The Morgan fingerprint density at radius 3 is 2.22 bits per heavy atom. The molecule has 1 aliphatic carbocycles. The summed E-state index contributed by atoms with van der Waals surface area (Å²) in [6.45, 7) is 8.79. The van der Waals surface area contributed by atoms with Gasteiger partial charge in [-0.3, -0.25) is 0 Å². The Bertz CT molecular complexity index is 86.0. The van der Waals surface area contributed by atoms with Gasteiger partial charge in [0.25, 0.3) is 0 Å². The quantitative estimate of drug-likeness (QED) is 0.467. The van der Waals surface area contributed by atoms with Crippen LogP contribution >= 0.6 is 0 Å². The van der Waals surface area contributed by atoms with Crippen LogP contribution in [0.5, 0.6) is 0 Å². The van der Waals surface area contributed by atoms with E-state index in [1.54, 1.807) is 0 Å². The van der Waals surface area contributed by atoms with Crippen molar-refractivity contribution in [2.24, 2.45) is 17.8 Å². The van der Waals surface area contributed by atoms with E-state index >= 15 is 0 Å². The van der Waals surface area contributed by atoms with Crippen LogP contribution in [0.4, 0.5) is 0 Å². The highest BCUT2D eigenvalue weighted by molar-refractivity contribution is 4.75. The summed E-state index contributed by atoms with van der Waals surface area (Å²) in [7, 11) is 0. The molecule has 0 aliphatic heterocycles. The molecule has 53 valence electrons. The first kappa shape index (κ1) is 7.11. The van der Waals surface area contributed by atoms with E-state index in [0.717, 1.165) is 17.8 Å². The Labute approximate surface area is 58.7 Å². The molecule has 3 unspecified atom stereocenters. The Morgan fingerprint density at radius 2 is 1.78 bits per heavy atom. The second-order valence-corrected chi connectivity index (χ2v) is 3.63. The van der Waals surface area contributed by atoms with Gasteiger partial charge in [-0.1, -0.05) is 33.6 Å². The summed E-state index contributed by atoms with van der Waals surface area (Å²) < 4.78 is 0. The monoisotopic (exact) mass is 125 g/mol. The summed E-state index contributed by atoms with van der Waals surface area (Å²) in [5.41, 5.74) is 0. The van der Waals surface area contributed by atoms with Gasteiger partial charge in [-0.15, -0.1) is 0 Å². The van der Waals surface area contributed by atoms with Crippen molar-refractivity contribution < 1.29 is 0 Å². The van der Waals surface area contributed by atoms with Crippen molar-refractivity contribution in [2.45, 2.75) is 33.1 Å². The smallest absolute Gasteiger partial charge is 0.0411 e. The van der Waals surface area contributed by atoms with Gasteiger partial charge < -0.3 is 0 Å². The van der Waals surface area contributed by atoms with Crippen LogP contribution in [0.25, 0.3) is 0 Å². The molecular formula is C9H17. The second kappa shape index (κ2) is 2.72. The summed E-state index contributed by atoms with van der Waals surface area (Å²) in [6.07, 6.45) is 4.10. The van der Waals surface area contributed by atoms with Gasteiger partial charge in [0, 0.05) is 0 Å². The van der Waals surface area contributed by atoms with Gasteiger partial charge in [0.05, 0.1) is 0 Å². The third-order valence-corrected chi connectivity index (χ3v) is 2.71. The minimum Gasteiger partial charge on any atom is -0.0623 e. The summed E-state index contributed by atoms with van der Waals surface area (Å²) >= 11 is 0. The first-order valence-corrected chi connectivity index (χ1v) is 4.03. The van der Waals surface area contributed by atoms with Crippen LogP contribution in [0.15, 0.2) is 0 Å². The van der Waals surface area contributed by atoms with Crippen molar-refractivity contribution in [3.05, 3.63) is 6.92 Å². The Kier molecular flexibility index (Phi) is 2.15.